The molecule has 0 radical (unpaired) electrons. The number of amides is 1. The van der Waals surface area contributed by atoms with E-state index in [1.807, 2.05) is 20.8 Å². The standard InChI is InChI=1S/C30H37NO2/c1-18-7-8-25-16-23(9-10-24(25)15-18)21(4)29(33)31-14-13-30(6)12-11-26-22(5)28(32)20(3)19(2)27(26)17-30/h7-10,15-16,21,32H,11-14,17H2,1-6H3,(H,31,33)/t21-,30+/m0/s1. The van der Waals surface area contributed by atoms with Gasteiger partial charge in [0.25, 0.3) is 0 Å². The minimum atomic E-state index is -0.175. The van der Waals surface area contributed by atoms with Gasteiger partial charge in [-0.3, -0.25) is 4.79 Å². The molecule has 0 aliphatic heterocycles. The molecule has 0 bridgehead atoms. The first kappa shape index (κ1) is 23.4. The second kappa shape index (κ2) is 8.85. The number of carbonyl (C=O) groups excluding carboxylic acids is 1. The van der Waals surface area contributed by atoms with Crippen LogP contribution < -0.4 is 5.32 Å². The Labute approximate surface area is 198 Å². The minimum absolute atomic E-state index is 0.0917. The number of phenols is 1. The molecule has 2 N–H and O–H groups in total. The van der Waals surface area contributed by atoms with Gasteiger partial charge < -0.3 is 10.4 Å². The van der Waals surface area contributed by atoms with E-state index in [2.05, 4.69) is 62.5 Å². The first-order valence-corrected chi connectivity index (χ1v) is 12.2. The zero-order valence-electron chi connectivity index (χ0n) is 20.9. The molecule has 33 heavy (non-hydrogen) atoms. The summed E-state index contributed by atoms with van der Waals surface area (Å²) in [6.45, 7) is 13.3. The van der Waals surface area contributed by atoms with Crippen molar-refractivity contribution in [1.82, 2.24) is 5.32 Å². The predicted octanol–water partition coefficient (Wildman–Crippen LogP) is 6.58. The van der Waals surface area contributed by atoms with Crippen molar-refractivity contribution < 1.29 is 9.90 Å². The van der Waals surface area contributed by atoms with E-state index in [1.165, 1.54) is 33.0 Å². The van der Waals surface area contributed by atoms with Crippen molar-refractivity contribution in [2.75, 3.05) is 6.54 Å². The van der Waals surface area contributed by atoms with Gasteiger partial charge in [0.15, 0.2) is 0 Å². The third-order valence-corrected chi connectivity index (χ3v) is 8.07. The molecule has 0 fully saturated rings. The summed E-state index contributed by atoms with van der Waals surface area (Å²) >= 11 is 0. The Morgan fingerprint density at radius 1 is 1.00 bits per heavy atom. The molecule has 0 saturated heterocycles. The second-order valence-electron chi connectivity index (χ2n) is 10.5. The maximum absolute atomic E-state index is 12.9. The van der Waals surface area contributed by atoms with Crippen molar-refractivity contribution in [2.24, 2.45) is 5.41 Å². The Hall–Kier alpha value is -2.81. The number of phenolic OH excluding ortho intramolecular Hbond substituents is 1. The Kier molecular flexibility index (Phi) is 6.26. The van der Waals surface area contributed by atoms with Crippen LogP contribution in [-0.2, 0) is 17.6 Å². The predicted molar refractivity (Wildman–Crippen MR) is 137 cm³/mol. The number of aryl methyl sites for hydroxylation is 1. The number of rotatable bonds is 5. The Morgan fingerprint density at radius 3 is 2.45 bits per heavy atom. The minimum Gasteiger partial charge on any atom is -0.507 e. The Morgan fingerprint density at radius 2 is 1.70 bits per heavy atom. The fourth-order valence-corrected chi connectivity index (χ4v) is 5.46. The highest BCUT2D eigenvalue weighted by Gasteiger charge is 2.32. The van der Waals surface area contributed by atoms with Crippen molar-refractivity contribution in [1.29, 1.82) is 0 Å². The molecule has 174 valence electrons. The molecule has 1 amide bonds. The summed E-state index contributed by atoms with van der Waals surface area (Å²) in [5.74, 6) is 0.375. The SMILES string of the molecule is Cc1ccc2cc([C@H](C)C(=O)NCC[C@@]3(C)CCc4c(C)c(O)c(C)c(C)c4C3)ccc2c1. The number of carbonyl (C=O) groups is 1. The van der Waals surface area contributed by atoms with E-state index < -0.39 is 0 Å². The van der Waals surface area contributed by atoms with Gasteiger partial charge in [0.05, 0.1) is 5.92 Å². The molecular formula is C30H37NO2. The molecule has 4 rings (SSSR count). The Bertz CT molecular complexity index is 1230. The highest BCUT2D eigenvalue weighted by atomic mass is 16.3. The number of fused-ring (bicyclic) bond motifs is 2. The quantitative estimate of drug-likeness (QED) is 0.468. The van der Waals surface area contributed by atoms with Crippen LogP contribution in [0, 0.1) is 33.1 Å². The smallest absolute Gasteiger partial charge is 0.227 e. The lowest BCUT2D eigenvalue weighted by Crippen LogP contribution is -2.34. The maximum Gasteiger partial charge on any atom is 0.227 e. The molecule has 1 aliphatic rings. The summed E-state index contributed by atoms with van der Waals surface area (Å²) in [7, 11) is 0. The summed E-state index contributed by atoms with van der Waals surface area (Å²) in [6, 6.07) is 12.8. The molecule has 1 aliphatic carbocycles. The number of hydrogen-bond acceptors (Lipinski definition) is 2. The number of hydrogen-bond donors (Lipinski definition) is 2. The van der Waals surface area contributed by atoms with Gasteiger partial charge in [-0.25, -0.2) is 0 Å². The van der Waals surface area contributed by atoms with Crippen LogP contribution in [0.3, 0.4) is 0 Å². The third kappa shape index (κ3) is 4.51. The molecule has 0 heterocycles. The van der Waals surface area contributed by atoms with Crippen LogP contribution >= 0.6 is 0 Å². The van der Waals surface area contributed by atoms with E-state index in [1.54, 1.807) is 0 Å². The molecule has 0 aromatic heterocycles. The van der Waals surface area contributed by atoms with Crippen LogP contribution in [0.2, 0.25) is 0 Å². The van der Waals surface area contributed by atoms with Crippen molar-refractivity contribution >= 4 is 16.7 Å². The van der Waals surface area contributed by atoms with Gasteiger partial charge in [0.2, 0.25) is 5.91 Å². The van der Waals surface area contributed by atoms with Crippen LogP contribution in [0.4, 0.5) is 0 Å². The van der Waals surface area contributed by atoms with Gasteiger partial charge in [-0.1, -0.05) is 48.9 Å². The third-order valence-electron chi connectivity index (χ3n) is 8.07. The number of aromatic hydroxyl groups is 1. The zero-order valence-corrected chi connectivity index (χ0v) is 20.9. The van der Waals surface area contributed by atoms with Crippen LogP contribution in [0.15, 0.2) is 36.4 Å². The first-order valence-electron chi connectivity index (χ1n) is 12.2. The van der Waals surface area contributed by atoms with Crippen LogP contribution in [0.5, 0.6) is 5.75 Å². The van der Waals surface area contributed by atoms with Crippen LogP contribution in [-0.4, -0.2) is 17.6 Å². The fourth-order valence-electron chi connectivity index (χ4n) is 5.46. The molecule has 3 heteroatoms. The average Bonchev–Trinajstić information content (AvgIpc) is 2.80. The van der Waals surface area contributed by atoms with Gasteiger partial charge in [0, 0.05) is 6.54 Å². The highest BCUT2D eigenvalue weighted by Crippen LogP contribution is 2.43. The van der Waals surface area contributed by atoms with Crippen molar-refractivity contribution in [2.45, 2.75) is 73.1 Å². The van der Waals surface area contributed by atoms with Gasteiger partial charge in [0.1, 0.15) is 5.75 Å². The lowest BCUT2D eigenvalue weighted by Gasteiger charge is -2.37. The second-order valence-corrected chi connectivity index (χ2v) is 10.5. The monoisotopic (exact) mass is 443 g/mol. The van der Waals surface area contributed by atoms with E-state index in [0.29, 0.717) is 12.3 Å². The van der Waals surface area contributed by atoms with Crippen molar-refractivity contribution in [3.63, 3.8) is 0 Å². The van der Waals surface area contributed by atoms with Crippen LogP contribution in [0.1, 0.15) is 71.6 Å². The van der Waals surface area contributed by atoms with E-state index >= 15 is 0 Å². The summed E-state index contributed by atoms with van der Waals surface area (Å²) in [4.78, 5) is 12.9. The van der Waals surface area contributed by atoms with E-state index in [-0.39, 0.29) is 17.2 Å². The summed E-state index contributed by atoms with van der Waals surface area (Å²) < 4.78 is 0. The average molecular weight is 444 g/mol. The molecule has 3 aromatic carbocycles. The van der Waals surface area contributed by atoms with Gasteiger partial charge in [-0.05, 0) is 110 Å². The number of nitrogens with one attached hydrogen (secondary N) is 1. The largest absolute Gasteiger partial charge is 0.507 e. The normalized spacial score (nSPS) is 18.7. The van der Waals surface area contributed by atoms with E-state index in [4.69, 9.17) is 0 Å². The zero-order chi connectivity index (χ0) is 23.9. The topological polar surface area (TPSA) is 49.3 Å². The molecule has 0 unspecified atom stereocenters. The van der Waals surface area contributed by atoms with Gasteiger partial charge in [-0.15, -0.1) is 0 Å². The molecule has 0 spiro atoms. The highest BCUT2D eigenvalue weighted by molar-refractivity contribution is 5.88. The summed E-state index contributed by atoms with van der Waals surface area (Å²) in [5, 5.41) is 16.0. The van der Waals surface area contributed by atoms with Crippen molar-refractivity contribution in [3.05, 3.63) is 75.3 Å². The summed E-state index contributed by atoms with van der Waals surface area (Å²) in [5.41, 5.74) is 8.47. The lowest BCUT2D eigenvalue weighted by atomic mass is 9.68. The lowest BCUT2D eigenvalue weighted by molar-refractivity contribution is -0.122. The molecule has 3 nitrogen and oxygen atoms in total. The Balaban J connectivity index is 1.40. The maximum atomic E-state index is 12.9. The van der Waals surface area contributed by atoms with E-state index in [0.717, 1.165) is 42.4 Å². The van der Waals surface area contributed by atoms with E-state index in [9.17, 15) is 9.90 Å². The van der Waals surface area contributed by atoms with Crippen molar-refractivity contribution in [3.8, 4) is 5.75 Å². The molecule has 0 saturated carbocycles. The van der Waals surface area contributed by atoms with Gasteiger partial charge in [-0.2, -0.15) is 0 Å². The molecule has 3 aromatic rings. The summed E-state index contributed by atoms with van der Waals surface area (Å²) in [6.07, 6.45) is 4.04. The number of benzene rings is 3. The first-order chi connectivity index (χ1) is 15.6. The molecular weight excluding hydrogens is 406 g/mol. The van der Waals surface area contributed by atoms with Crippen LogP contribution in [0.25, 0.3) is 10.8 Å². The fraction of sp³-hybridized carbons (Fsp3) is 0.433. The molecule has 2 atom stereocenters. The van der Waals surface area contributed by atoms with Gasteiger partial charge >= 0.3 is 0 Å².